The molecule has 0 aliphatic rings. The van der Waals surface area contributed by atoms with Gasteiger partial charge in [-0.1, -0.05) is 90.9 Å². The molecule has 0 atom stereocenters. The lowest BCUT2D eigenvalue weighted by atomic mass is 10.0. The first kappa shape index (κ1) is 23.9. The Labute approximate surface area is 153 Å². The SMILES string of the molecule is CCCCCCCCC(CCCCCCCC)OCCCN(C)C. The third-order valence-electron chi connectivity index (χ3n) is 4.86. The van der Waals surface area contributed by atoms with E-state index in [1.54, 1.807) is 0 Å². The number of hydrogen-bond donors (Lipinski definition) is 0. The van der Waals surface area contributed by atoms with Gasteiger partial charge in [-0.25, -0.2) is 0 Å². The molecule has 0 spiro atoms. The molecule has 0 N–H and O–H groups in total. The van der Waals surface area contributed by atoms with Crippen LogP contribution in [0.5, 0.6) is 0 Å². The highest BCUT2D eigenvalue weighted by molar-refractivity contribution is 4.61. The molecule has 0 rings (SSSR count). The van der Waals surface area contributed by atoms with Crippen LogP contribution < -0.4 is 0 Å². The third kappa shape index (κ3) is 18.3. The largest absolute Gasteiger partial charge is 0.378 e. The van der Waals surface area contributed by atoms with Crippen molar-refractivity contribution < 1.29 is 4.74 Å². The fourth-order valence-corrected chi connectivity index (χ4v) is 3.25. The molecule has 0 aromatic carbocycles. The van der Waals surface area contributed by atoms with Gasteiger partial charge in [-0.15, -0.1) is 0 Å². The van der Waals surface area contributed by atoms with Crippen LogP contribution in [-0.2, 0) is 4.74 Å². The van der Waals surface area contributed by atoms with Crippen molar-refractivity contribution in [1.82, 2.24) is 4.90 Å². The minimum Gasteiger partial charge on any atom is -0.378 e. The summed E-state index contributed by atoms with van der Waals surface area (Å²) in [4.78, 5) is 2.25. The Morgan fingerprint density at radius 2 is 1.08 bits per heavy atom. The monoisotopic (exact) mass is 341 g/mol. The van der Waals surface area contributed by atoms with Gasteiger partial charge in [0.1, 0.15) is 0 Å². The van der Waals surface area contributed by atoms with Crippen LogP contribution in [0.3, 0.4) is 0 Å². The van der Waals surface area contributed by atoms with E-state index >= 15 is 0 Å². The van der Waals surface area contributed by atoms with Crippen LogP contribution in [-0.4, -0.2) is 38.3 Å². The summed E-state index contributed by atoms with van der Waals surface area (Å²) in [5, 5.41) is 0. The molecule has 0 radical (unpaired) electrons. The maximum Gasteiger partial charge on any atom is 0.0575 e. The molecule has 24 heavy (non-hydrogen) atoms. The number of unbranched alkanes of at least 4 members (excludes halogenated alkanes) is 10. The topological polar surface area (TPSA) is 12.5 Å². The lowest BCUT2D eigenvalue weighted by Crippen LogP contribution is -2.18. The van der Waals surface area contributed by atoms with E-state index in [0.717, 1.165) is 19.6 Å². The van der Waals surface area contributed by atoms with Crippen molar-refractivity contribution in [3.63, 3.8) is 0 Å². The highest BCUT2D eigenvalue weighted by Gasteiger charge is 2.09. The van der Waals surface area contributed by atoms with Gasteiger partial charge < -0.3 is 9.64 Å². The summed E-state index contributed by atoms with van der Waals surface area (Å²) in [5.41, 5.74) is 0. The average molecular weight is 342 g/mol. The van der Waals surface area contributed by atoms with E-state index in [2.05, 4.69) is 32.8 Å². The smallest absolute Gasteiger partial charge is 0.0575 e. The summed E-state index contributed by atoms with van der Waals surface area (Å²) in [7, 11) is 4.29. The molecular weight excluding hydrogens is 294 g/mol. The molecule has 0 unspecified atom stereocenters. The lowest BCUT2D eigenvalue weighted by Gasteiger charge is -2.19. The van der Waals surface area contributed by atoms with E-state index in [1.165, 1.54) is 89.9 Å². The van der Waals surface area contributed by atoms with Crippen molar-refractivity contribution in [2.75, 3.05) is 27.2 Å². The van der Waals surface area contributed by atoms with Gasteiger partial charge in [-0.3, -0.25) is 0 Å². The first-order valence-corrected chi connectivity index (χ1v) is 11.0. The van der Waals surface area contributed by atoms with Crippen molar-refractivity contribution in [2.45, 2.75) is 116 Å². The van der Waals surface area contributed by atoms with Crippen molar-refractivity contribution in [1.29, 1.82) is 0 Å². The molecule has 0 saturated heterocycles. The van der Waals surface area contributed by atoms with Crippen molar-refractivity contribution >= 4 is 0 Å². The van der Waals surface area contributed by atoms with Gasteiger partial charge >= 0.3 is 0 Å². The van der Waals surface area contributed by atoms with Crippen molar-refractivity contribution in [3.05, 3.63) is 0 Å². The molecule has 2 heteroatoms. The second kappa shape index (κ2) is 19.2. The number of ether oxygens (including phenoxy) is 1. The Kier molecular flexibility index (Phi) is 19.2. The van der Waals surface area contributed by atoms with Crippen LogP contribution in [0.25, 0.3) is 0 Å². The molecule has 0 amide bonds. The summed E-state index contributed by atoms with van der Waals surface area (Å²) in [6.45, 7) is 6.66. The van der Waals surface area contributed by atoms with Crippen molar-refractivity contribution in [2.24, 2.45) is 0 Å². The zero-order valence-corrected chi connectivity index (χ0v) is 17.5. The van der Waals surface area contributed by atoms with E-state index in [9.17, 15) is 0 Å². The highest BCUT2D eigenvalue weighted by Crippen LogP contribution is 2.17. The second-order valence-corrected chi connectivity index (χ2v) is 7.76. The molecule has 2 nitrogen and oxygen atoms in total. The van der Waals surface area contributed by atoms with E-state index < -0.39 is 0 Å². The predicted octanol–water partition coefficient (Wildman–Crippen LogP) is 6.82. The predicted molar refractivity (Wildman–Crippen MR) is 109 cm³/mol. The normalized spacial score (nSPS) is 11.8. The minimum atomic E-state index is 0.518. The van der Waals surface area contributed by atoms with E-state index in [-0.39, 0.29) is 0 Å². The van der Waals surface area contributed by atoms with Gasteiger partial charge in [0.2, 0.25) is 0 Å². The Morgan fingerprint density at radius 1 is 0.625 bits per heavy atom. The number of rotatable bonds is 19. The molecular formula is C22H47NO. The van der Waals surface area contributed by atoms with Crippen LogP contribution in [0.2, 0.25) is 0 Å². The maximum absolute atomic E-state index is 6.22. The molecule has 0 aliphatic heterocycles. The van der Waals surface area contributed by atoms with Gasteiger partial charge in [-0.05, 0) is 39.9 Å². The van der Waals surface area contributed by atoms with Gasteiger partial charge in [0.25, 0.3) is 0 Å². The Balaban J connectivity index is 3.78. The molecule has 0 heterocycles. The fourth-order valence-electron chi connectivity index (χ4n) is 3.25. The standard InChI is InChI=1S/C22H47NO/c1-5-7-9-11-13-15-18-22(24-21-17-20-23(3)4)19-16-14-12-10-8-6-2/h22H,5-21H2,1-4H3. The van der Waals surface area contributed by atoms with Gasteiger partial charge in [-0.2, -0.15) is 0 Å². The average Bonchev–Trinajstić information content (AvgIpc) is 2.56. The first-order valence-electron chi connectivity index (χ1n) is 11.0. The van der Waals surface area contributed by atoms with Crippen LogP contribution in [0, 0.1) is 0 Å². The first-order chi connectivity index (χ1) is 11.7. The van der Waals surface area contributed by atoms with E-state index in [4.69, 9.17) is 4.74 Å². The van der Waals surface area contributed by atoms with Crippen LogP contribution in [0.4, 0.5) is 0 Å². The zero-order valence-electron chi connectivity index (χ0n) is 17.5. The number of hydrogen-bond acceptors (Lipinski definition) is 2. The van der Waals surface area contributed by atoms with E-state index in [0.29, 0.717) is 6.10 Å². The zero-order chi connectivity index (χ0) is 17.9. The molecule has 0 aromatic rings. The van der Waals surface area contributed by atoms with Crippen LogP contribution in [0.15, 0.2) is 0 Å². The number of nitrogens with zero attached hydrogens (tertiary/aromatic N) is 1. The Hall–Kier alpha value is -0.0800. The molecule has 0 fully saturated rings. The molecule has 0 saturated carbocycles. The van der Waals surface area contributed by atoms with Crippen LogP contribution >= 0.6 is 0 Å². The van der Waals surface area contributed by atoms with Gasteiger partial charge in [0, 0.05) is 6.61 Å². The second-order valence-electron chi connectivity index (χ2n) is 7.76. The summed E-state index contributed by atoms with van der Waals surface area (Å²) in [5.74, 6) is 0. The molecule has 0 aliphatic carbocycles. The highest BCUT2D eigenvalue weighted by atomic mass is 16.5. The molecule has 0 bridgehead atoms. The van der Waals surface area contributed by atoms with Crippen molar-refractivity contribution in [3.8, 4) is 0 Å². The maximum atomic E-state index is 6.22. The lowest BCUT2D eigenvalue weighted by molar-refractivity contribution is 0.0342. The quantitative estimate of drug-likeness (QED) is 0.239. The Bertz CT molecular complexity index is 214. The van der Waals surface area contributed by atoms with Gasteiger partial charge in [0.05, 0.1) is 6.10 Å². The summed E-state index contributed by atoms with van der Waals surface area (Å²) in [6.07, 6.45) is 20.9. The molecule has 146 valence electrons. The fraction of sp³-hybridized carbons (Fsp3) is 1.00. The third-order valence-corrected chi connectivity index (χ3v) is 4.86. The van der Waals surface area contributed by atoms with Gasteiger partial charge in [0.15, 0.2) is 0 Å². The molecule has 0 aromatic heterocycles. The summed E-state index contributed by atoms with van der Waals surface area (Å²) >= 11 is 0. The van der Waals surface area contributed by atoms with E-state index in [1.807, 2.05) is 0 Å². The van der Waals surface area contributed by atoms with Crippen LogP contribution in [0.1, 0.15) is 110 Å². The minimum absolute atomic E-state index is 0.518. The summed E-state index contributed by atoms with van der Waals surface area (Å²) in [6, 6.07) is 0. The Morgan fingerprint density at radius 3 is 1.54 bits per heavy atom. The summed E-state index contributed by atoms with van der Waals surface area (Å²) < 4.78 is 6.22.